The molecule has 0 bridgehead atoms. The van der Waals surface area contributed by atoms with Crippen molar-refractivity contribution in [2.24, 2.45) is 0 Å². The number of aromatic nitrogens is 3. The molecule has 0 aliphatic carbocycles. The molecule has 0 fully saturated rings. The van der Waals surface area contributed by atoms with E-state index < -0.39 is 11.7 Å². The van der Waals surface area contributed by atoms with Gasteiger partial charge in [-0.2, -0.15) is 0 Å². The number of aryl methyl sites for hydroxylation is 1. The zero-order chi connectivity index (χ0) is 16.9. The highest BCUT2D eigenvalue weighted by molar-refractivity contribution is 6.04. The molecule has 2 heterocycles. The molecule has 7 heteroatoms. The topological polar surface area (TPSA) is 77.0 Å². The molecule has 0 atom stereocenters. The first-order valence-electron chi connectivity index (χ1n) is 7.07. The molecule has 0 saturated carbocycles. The Balaban J connectivity index is 1.77. The molecule has 0 aliphatic heterocycles. The standard InChI is InChI=1S/C17H13FN4O2/c1-11-2-3-16(18)15(4-11)17(23)22-12-5-13(7-19-6-12)24-14-8-20-10-21-9-14/h2-10H,1H3,(H,22,23). The third-order valence-electron chi connectivity index (χ3n) is 3.11. The summed E-state index contributed by atoms with van der Waals surface area (Å²) in [6.07, 6.45) is 7.31. The van der Waals surface area contributed by atoms with Crippen LogP contribution in [0.3, 0.4) is 0 Å². The van der Waals surface area contributed by atoms with E-state index in [1.165, 1.54) is 43.2 Å². The number of nitrogens with zero attached hydrogens (tertiary/aromatic N) is 3. The summed E-state index contributed by atoms with van der Waals surface area (Å²) < 4.78 is 19.3. The lowest BCUT2D eigenvalue weighted by Gasteiger charge is -2.09. The number of anilines is 1. The van der Waals surface area contributed by atoms with Gasteiger partial charge in [-0.25, -0.2) is 14.4 Å². The molecule has 6 nitrogen and oxygen atoms in total. The summed E-state index contributed by atoms with van der Waals surface area (Å²) in [7, 11) is 0. The number of rotatable bonds is 4. The number of pyridine rings is 1. The van der Waals surface area contributed by atoms with E-state index in [1.807, 2.05) is 0 Å². The lowest BCUT2D eigenvalue weighted by molar-refractivity contribution is 0.102. The molecule has 24 heavy (non-hydrogen) atoms. The number of hydrogen-bond donors (Lipinski definition) is 1. The van der Waals surface area contributed by atoms with Gasteiger partial charge < -0.3 is 10.1 Å². The third-order valence-corrected chi connectivity index (χ3v) is 3.11. The van der Waals surface area contributed by atoms with Gasteiger partial charge in [-0.15, -0.1) is 0 Å². The number of ether oxygens (including phenoxy) is 1. The molecule has 1 N–H and O–H groups in total. The third kappa shape index (κ3) is 3.70. The van der Waals surface area contributed by atoms with Crippen molar-refractivity contribution in [3.63, 3.8) is 0 Å². The van der Waals surface area contributed by atoms with Crippen LogP contribution in [0.5, 0.6) is 11.5 Å². The monoisotopic (exact) mass is 324 g/mol. The normalized spacial score (nSPS) is 10.2. The highest BCUT2D eigenvalue weighted by atomic mass is 19.1. The summed E-state index contributed by atoms with van der Waals surface area (Å²) in [5.41, 5.74) is 1.15. The Labute approximate surface area is 137 Å². The van der Waals surface area contributed by atoms with Crippen LogP contribution in [0.4, 0.5) is 10.1 Å². The summed E-state index contributed by atoms with van der Waals surface area (Å²) >= 11 is 0. The minimum Gasteiger partial charge on any atom is -0.452 e. The quantitative estimate of drug-likeness (QED) is 0.796. The maximum atomic E-state index is 13.8. The van der Waals surface area contributed by atoms with Crippen LogP contribution in [0.25, 0.3) is 0 Å². The fourth-order valence-electron chi connectivity index (χ4n) is 2.03. The molecule has 0 unspecified atom stereocenters. The fourth-order valence-corrected chi connectivity index (χ4v) is 2.03. The van der Waals surface area contributed by atoms with E-state index in [2.05, 4.69) is 20.3 Å². The summed E-state index contributed by atoms with van der Waals surface area (Å²) in [6.45, 7) is 1.79. The molecule has 1 amide bonds. The predicted molar refractivity (Wildman–Crippen MR) is 85.4 cm³/mol. The van der Waals surface area contributed by atoms with Gasteiger partial charge in [0.05, 0.1) is 36.0 Å². The Bertz CT molecular complexity index is 871. The number of benzene rings is 1. The second kappa shape index (κ2) is 6.82. The Morgan fingerprint density at radius 1 is 1.04 bits per heavy atom. The van der Waals surface area contributed by atoms with E-state index in [0.717, 1.165) is 5.56 Å². The highest BCUT2D eigenvalue weighted by Crippen LogP contribution is 2.22. The maximum absolute atomic E-state index is 13.8. The lowest BCUT2D eigenvalue weighted by atomic mass is 10.1. The van der Waals surface area contributed by atoms with Crippen LogP contribution in [0.15, 0.2) is 55.4 Å². The molecule has 0 radical (unpaired) electrons. The fraction of sp³-hybridized carbons (Fsp3) is 0.0588. The first-order chi connectivity index (χ1) is 11.6. The molecule has 0 saturated heterocycles. The van der Waals surface area contributed by atoms with Crippen molar-refractivity contribution >= 4 is 11.6 Å². The average molecular weight is 324 g/mol. The first kappa shape index (κ1) is 15.5. The molecule has 1 aromatic carbocycles. The van der Waals surface area contributed by atoms with Gasteiger partial charge in [-0.1, -0.05) is 11.6 Å². The van der Waals surface area contributed by atoms with Gasteiger partial charge in [0.1, 0.15) is 17.9 Å². The Hall–Kier alpha value is -3.35. The van der Waals surface area contributed by atoms with E-state index in [4.69, 9.17) is 4.74 Å². The van der Waals surface area contributed by atoms with Gasteiger partial charge in [0.2, 0.25) is 0 Å². The van der Waals surface area contributed by atoms with Crippen molar-refractivity contribution in [1.29, 1.82) is 0 Å². The molecular formula is C17H13FN4O2. The van der Waals surface area contributed by atoms with Crippen LogP contribution in [0.1, 0.15) is 15.9 Å². The number of halogens is 1. The summed E-state index contributed by atoms with van der Waals surface area (Å²) in [6, 6.07) is 5.92. The van der Waals surface area contributed by atoms with E-state index in [1.54, 1.807) is 19.1 Å². The second-order valence-corrected chi connectivity index (χ2v) is 5.02. The summed E-state index contributed by atoms with van der Waals surface area (Å²) in [5.74, 6) is -0.307. The summed E-state index contributed by atoms with van der Waals surface area (Å²) in [4.78, 5) is 23.9. The van der Waals surface area contributed by atoms with Crippen LogP contribution < -0.4 is 10.1 Å². The van der Waals surface area contributed by atoms with Crippen LogP contribution in [0.2, 0.25) is 0 Å². The van der Waals surface area contributed by atoms with Gasteiger partial charge in [-0.05, 0) is 19.1 Å². The maximum Gasteiger partial charge on any atom is 0.258 e. The number of nitrogens with one attached hydrogen (secondary N) is 1. The second-order valence-electron chi connectivity index (χ2n) is 5.02. The SMILES string of the molecule is Cc1ccc(F)c(C(=O)Nc2cncc(Oc3cncnc3)c2)c1. The minimum atomic E-state index is -0.583. The van der Waals surface area contributed by atoms with Crippen LogP contribution in [0, 0.1) is 12.7 Å². The van der Waals surface area contributed by atoms with Gasteiger partial charge >= 0.3 is 0 Å². The molecule has 3 rings (SSSR count). The Morgan fingerprint density at radius 2 is 1.79 bits per heavy atom. The highest BCUT2D eigenvalue weighted by Gasteiger charge is 2.12. The number of amides is 1. The molecular weight excluding hydrogens is 311 g/mol. The zero-order valence-corrected chi connectivity index (χ0v) is 12.7. The smallest absolute Gasteiger partial charge is 0.258 e. The first-order valence-corrected chi connectivity index (χ1v) is 7.07. The van der Waals surface area contributed by atoms with E-state index in [-0.39, 0.29) is 5.56 Å². The van der Waals surface area contributed by atoms with Gasteiger partial charge in [0.15, 0.2) is 5.75 Å². The van der Waals surface area contributed by atoms with Crippen LogP contribution in [-0.4, -0.2) is 20.9 Å². The van der Waals surface area contributed by atoms with Gasteiger partial charge in [-0.3, -0.25) is 9.78 Å². The predicted octanol–water partition coefficient (Wildman–Crippen LogP) is 3.36. The number of hydrogen-bond acceptors (Lipinski definition) is 5. The largest absolute Gasteiger partial charge is 0.452 e. The van der Waals surface area contributed by atoms with Gasteiger partial charge in [0.25, 0.3) is 5.91 Å². The summed E-state index contributed by atoms with van der Waals surface area (Å²) in [5, 5.41) is 2.60. The van der Waals surface area contributed by atoms with Crippen molar-refractivity contribution < 1.29 is 13.9 Å². The van der Waals surface area contributed by atoms with Crippen molar-refractivity contribution in [3.8, 4) is 11.5 Å². The van der Waals surface area contributed by atoms with Crippen molar-refractivity contribution in [2.45, 2.75) is 6.92 Å². The molecule has 0 spiro atoms. The number of carbonyl (C=O) groups is 1. The van der Waals surface area contributed by atoms with E-state index >= 15 is 0 Å². The molecule has 2 aromatic heterocycles. The van der Waals surface area contributed by atoms with E-state index in [9.17, 15) is 9.18 Å². The number of carbonyl (C=O) groups excluding carboxylic acids is 1. The minimum absolute atomic E-state index is 0.0298. The van der Waals surface area contributed by atoms with Crippen molar-refractivity contribution in [1.82, 2.24) is 15.0 Å². The average Bonchev–Trinajstić information content (AvgIpc) is 2.58. The zero-order valence-electron chi connectivity index (χ0n) is 12.7. The Morgan fingerprint density at radius 3 is 2.58 bits per heavy atom. The lowest BCUT2D eigenvalue weighted by Crippen LogP contribution is -2.14. The van der Waals surface area contributed by atoms with Crippen molar-refractivity contribution in [2.75, 3.05) is 5.32 Å². The van der Waals surface area contributed by atoms with Crippen molar-refractivity contribution in [3.05, 3.63) is 72.3 Å². The van der Waals surface area contributed by atoms with Gasteiger partial charge in [0, 0.05) is 6.07 Å². The van der Waals surface area contributed by atoms with Crippen LogP contribution in [-0.2, 0) is 0 Å². The molecule has 120 valence electrons. The van der Waals surface area contributed by atoms with E-state index in [0.29, 0.717) is 17.2 Å². The molecule has 3 aromatic rings. The molecule has 0 aliphatic rings. The van der Waals surface area contributed by atoms with Crippen LogP contribution >= 0.6 is 0 Å². The Kier molecular flexibility index (Phi) is 4.42.